The van der Waals surface area contributed by atoms with Crippen molar-refractivity contribution in [3.05, 3.63) is 30.5 Å². The molecule has 1 aromatic carbocycles. The largest absolute Gasteiger partial charge is 0.347 e. The van der Waals surface area contributed by atoms with Crippen molar-refractivity contribution >= 4 is 22.5 Å². The number of nitrogens with zero attached hydrogens (tertiary/aromatic N) is 1. The molecule has 0 spiro atoms. The molecule has 1 amide bonds. The summed E-state index contributed by atoms with van der Waals surface area (Å²) in [6, 6.07) is 7.65. The van der Waals surface area contributed by atoms with Crippen LogP contribution in [-0.4, -0.2) is 16.5 Å². The lowest BCUT2D eigenvalue weighted by Gasteiger charge is -2.12. The van der Waals surface area contributed by atoms with Crippen LogP contribution in [-0.2, 0) is 11.3 Å². The maximum atomic E-state index is 11.9. The highest BCUT2D eigenvalue weighted by molar-refractivity contribution is 5.96. The van der Waals surface area contributed by atoms with Crippen LogP contribution in [0, 0.1) is 5.92 Å². The minimum absolute atomic E-state index is 0.113. The van der Waals surface area contributed by atoms with Crippen LogP contribution in [0.4, 0.5) is 5.69 Å². The zero-order chi connectivity index (χ0) is 15.4. The Hall–Kier alpha value is -1.81. The monoisotopic (exact) mass is 287 g/mol. The maximum Gasteiger partial charge on any atom is 0.241 e. The van der Waals surface area contributed by atoms with Crippen molar-refractivity contribution in [1.82, 2.24) is 4.57 Å². The number of aromatic nitrogens is 1. The van der Waals surface area contributed by atoms with Crippen LogP contribution >= 0.6 is 0 Å². The van der Waals surface area contributed by atoms with Crippen molar-refractivity contribution < 1.29 is 4.79 Å². The topological polar surface area (TPSA) is 60.1 Å². The zero-order valence-corrected chi connectivity index (χ0v) is 13.1. The average molecular weight is 287 g/mol. The van der Waals surface area contributed by atoms with Crippen LogP contribution in [0.2, 0.25) is 0 Å². The first kappa shape index (κ1) is 15.6. The van der Waals surface area contributed by atoms with E-state index in [9.17, 15) is 4.79 Å². The Kier molecular flexibility index (Phi) is 5.02. The second kappa shape index (κ2) is 6.76. The Morgan fingerprint density at radius 1 is 1.33 bits per heavy atom. The highest BCUT2D eigenvalue weighted by atomic mass is 16.2. The van der Waals surface area contributed by atoms with Crippen molar-refractivity contribution in [1.29, 1.82) is 0 Å². The number of amides is 1. The highest BCUT2D eigenvalue weighted by Crippen LogP contribution is 2.21. The molecule has 0 fully saturated rings. The number of hydrogen-bond acceptors (Lipinski definition) is 2. The third kappa shape index (κ3) is 3.85. The van der Waals surface area contributed by atoms with E-state index >= 15 is 0 Å². The molecule has 114 valence electrons. The molecule has 2 rings (SSSR count). The van der Waals surface area contributed by atoms with E-state index < -0.39 is 6.04 Å². The van der Waals surface area contributed by atoms with Gasteiger partial charge in [0.2, 0.25) is 5.91 Å². The Morgan fingerprint density at radius 3 is 2.76 bits per heavy atom. The minimum atomic E-state index is -0.434. The van der Waals surface area contributed by atoms with Crippen molar-refractivity contribution in [2.45, 2.75) is 46.2 Å². The molecule has 0 bridgehead atoms. The summed E-state index contributed by atoms with van der Waals surface area (Å²) in [5.41, 5.74) is 7.83. The van der Waals surface area contributed by atoms with Gasteiger partial charge in [-0.3, -0.25) is 4.79 Å². The van der Waals surface area contributed by atoms with E-state index in [2.05, 4.69) is 42.1 Å². The van der Waals surface area contributed by atoms with Gasteiger partial charge in [0.15, 0.2) is 0 Å². The number of nitrogens with two attached hydrogens (primary N) is 1. The fraction of sp³-hybridized carbons (Fsp3) is 0.471. The Labute approximate surface area is 126 Å². The third-order valence-corrected chi connectivity index (χ3v) is 3.54. The molecule has 0 aliphatic carbocycles. The first-order valence-electron chi connectivity index (χ1n) is 7.66. The molecule has 3 N–H and O–H groups in total. The lowest BCUT2D eigenvalue weighted by atomic mass is 10.1. The van der Waals surface area contributed by atoms with Crippen LogP contribution in [0.3, 0.4) is 0 Å². The van der Waals surface area contributed by atoms with Gasteiger partial charge in [-0.2, -0.15) is 0 Å². The van der Waals surface area contributed by atoms with Gasteiger partial charge in [-0.25, -0.2) is 0 Å². The van der Waals surface area contributed by atoms with Gasteiger partial charge in [0.1, 0.15) is 0 Å². The highest BCUT2D eigenvalue weighted by Gasteiger charge is 2.12. The number of fused-ring (bicyclic) bond motifs is 1. The van der Waals surface area contributed by atoms with Gasteiger partial charge in [0.05, 0.1) is 6.04 Å². The Bertz CT molecular complexity index is 616. The van der Waals surface area contributed by atoms with E-state index in [1.165, 1.54) is 5.52 Å². The van der Waals surface area contributed by atoms with Crippen molar-refractivity contribution in [3.8, 4) is 0 Å². The molecule has 4 nitrogen and oxygen atoms in total. The SMILES string of the molecule is CCCC(N)C(=O)Nc1ccc2c(ccn2CC(C)C)c1. The van der Waals surface area contributed by atoms with E-state index in [0.717, 1.165) is 24.0 Å². The normalized spacial score (nSPS) is 12.8. The van der Waals surface area contributed by atoms with Crippen molar-refractivity contribution in [3.63, 3.8) is 0 Å². The first-order chi connectivity index (χ1) is 10.0. The number of nitrogens with one attached hydrogen (secondary N) is 1. The number of rotatable bonds is 6. The zero-order valence-electron chi connectivity index (χ0n) is 13.1. The molecular weight excluding hydrogens is 262 g/mol. The minimum Gasteiger partial charge on any atom is -0.347 e. The Morgan fingerprint density at radius 2 is 2.10 bits per heavy atom. The van der Waals surface area contributed by atoms with Crippen LogP contribution < -0.4 is 11.1 Å². The summed E-state index contributed by atoms with van der Waals surface area (Å²) in [5, 5.41) is 4.03. The first-order valence-corrected chi connectivity index (χ1v) is 7.66. The van der Waals surface area contributed by atoms with Gasteiger partial charge in [0.25, 0.3) is 0 Å². The molecule has 0 aliphatic heterocycles. The van der Waals surface area contributed by atoms with Crippen LogP contribution in [0.5, 0.6) is 0 Å². The smallest absolute Gasteiger partial charge is 0.241 e. The van der Waals surface area contributed by atoms with Crippen molar-refractivity contribution in [2.24, 2.45) is 11.7 Å². The standard InChI is InChI=1S/C17H25N3O/c1-4-5-15(18)17(21)19-14-6-7-16-13(10-14)8-9-20(16)11-12(2)3/h6-10,12,15H,4-5,11,18H2,1-3H3,(H,19,21). The second-order valence-corrected chi connectivity index (χ2v) is 6.02. The molecule has 1 atom stereocenters. The van der Waals surface area contributed by atoms with E-state index in [4.69, 9.17) is 5.73 Å². The molecule has 0 radical (unpaired) electrons. The van der Waals surface area contributed by atoms with Crippen LogP contribution in [0.15, 0.2) is 30.5 Å². The van der Waals surface area contributed by atoms with Gasteiger partial charge in [-0.05, 0) is 36.6 Å². The van der Waals surface area contributed by atoms with Gasteiger partial charge >= 0.3 is 0 Å². The summed E-state index contributed by atoms with van der Waals surface area (Å²) in [6.07, 6.45) is 3.71. The van der Waals surface area contributed by atoms with Gasteiger partial charge in [0, 0.05) is 29.3 Å². The van der Waals surface area contributed by atoms with E-state index in [-0.39, 0.29) is 5.91 Å². The summed E-state index contributed by atoms with van der Waals surface area (Å²) < 4.78 is 2.24. The van der Waals surface area contributed by atoms with E-state index in [1.807, 2.05) is 19.1 Å². The maximum absolute atomic E-state index is 11.9. The molecule has 0 saturated carbocycles. The van der Waals surface area contributed by atoms with Crippen LogP contribution in [0.1, 0.15) is 33.6 Å². The number of benzene rings is 1. The second-order valence-electron chi connectivity index (χ2n) is 6.02. The molecule has 2 aromatic rings. The molecule has 4 heteroatoms. The summed E-state index contributed by atoms with van der Waals surface area (Å²) in [7, 11) is 0. The van der Waals surface area contributed by atoms with Crippen LogP contribution in [0.25, 0.3) is 10.9 Å². The molecule has 0 saturated heterocycles. The van der Waals surface area contributed by atoms with Gasteiger partial charge in [-0.1, -0.05) is 27.2 Å². The number of carbonyl (C=O) groups excluding carboxylic acids is 1. The summed E-state index contributed by atoms with van der Waals surface area (Å²) >= 11 is 0. The van der Waals surface area contributed by atoms with E-state index in [0.29, 0.717) is 12.3 Å². The van der Waals surface area contributed by atoms with Gasteiger partial charge < -0.3 is 15.6 Å². The summed E-state index contributed by atoms with van der Waals surface area (Å²) in [4.78, 5) is 11.9. The molecule has 1 heterocycles. The number of anilines is 1. The van der Waals surface area contributed by atoms with Gasteiger partial charge in [-0.15, -0.1) is 0 Å². The fourth-order valence-corrected chi connectivity index (χ4v) is 2.51. The number of carbonyl (C=O) groups is 1. The summed E-state index contributed by atoms with van der Waals surface area (Å²) in [6.45, 7) is 7.43. The molecule has 1 unspecified atom stereocenters. The predicted molar refractivity (Wildman–Crippen MR) is 88.3 cm³/mol. The predicted octanol–water partition coefficient (Wildman–Crippen LogP) is 3.36. The molecule has 0 aliphatic rings. The molecule has 1 aromatic heterocycles. The fourth-order valence-electron chi connectivity index (χ4n) is 2.51. The third-order valence-electron chi connectivity index (χ3n) is 3.54. The average Bonchev–Trinajstić information content (AvgIpc) is 2.81. The lowest BCUT2D eigenvalue weighted by molar-refractivity contribution is -0.117. The van der Waals surface area contributed by atoms with E-state index in [1.54, 1.807) is 0 Å². The Balaban J connectivity index is 2.14. The van der Waals surface area contributed by atoms with Crippen molar-refractivity contribution in [2.75, 3.05) is 5.32 Å². The molecule has 21 heavy (non-hydrogen) atoms. The quantitative estimate of drug-likeness (QED) is 0.855. The lowest BCUT2D eigenvalue weighted by Crippen LogP contribution is -2.35. The number of hydrogen-bond donors (Lipinski definition) is 2. The summed E-state index contributed by atoms with van der Waals surface area (Å²) in [5.74, 6) is 0.491. The molecular formula is C17H25N3O.